The zero-order valence-electron chi connectivity index (χ0n) is 14.9. The monoisotopic (exact) mass is 330 g/mol. The third-order valence-electron chi connectivity index (χ3n) is 4.48. The Bertz CT molecular complexity index is 805. The molecule has 1 aromatic heterocycles. The van der Waals surface area contributed by atoms with Gasteiger partial charge in [0.05, 0.1) is 7.11 Å². The van der Waals surface area contributed by atoms with E-state index in [1.165, 1.54) is 4.57 Å². The molecule has 1 heterocycles. The van der Waals surface area contributed by atoms with Crippen molar-refractivity contribution in [2.75, 3.05) is 7.11 Å². The van der Waals surface area contributed by atoms with Gasteiger partial charge in [0.25, 0.3) is 5.56 Å². The van der Waals surface area contributed by atoms with E-state index in [9.17, 15) is 9.59 Å². The SMILES string of the molecule is CCC(C)n1c(=O)cc(C)n(CCCc2ccccc2OC)c1=O. The van der Waals surface area contributed by atoms with Gasteiger partial charge in [-0.25, -0.2) is 4.79 Å². The van der Waals surface area contributed by atoms with Crippen molar-refractivity contribution in [1.82, 2.24) is 9.13 Å². The molecule has 0 radical (unpaired) electrons. The number of ether oxygens (including phenoxy) is 1. The number of methoxy groups -OCH3 is 1. The molecule has 0 saturated carbocycles. The van der Waals surface area contributed by atoms with Crippen LogP contribution in [-0.2, 0) is 13.0 Å². The minimum Gasteiger partial charge on any atom is -0.496 e. The fourth-order valence-electron chi connectivity index (χ4n) is 2.90. The molecule has 0 saturated heterocycles. The second kappa shape index (κ2) is 7.99. The van der Waals surface area contributed by atoms with Crippen molar-refractivity contribution < 1.29 is 4.74 Å². The highest BCUT2D eigenvalue weighted by Crippen LogP contribution is 2.19. The Morgan fingerprint density at radius 1 is 1.21 bits per heavy atom. The van der Waals surface area contributed by atoms with Gasteiger partial charge in [-0.15, -0.1) is 0 Å². The Morgan fingerprint density at radius 3 is 2.58 bits per heavy atom. The zero-order valence-corrected chi connectivity index (χ0v) is 14.9. The molecule has 0 aliphatic rings. The van der Waals surface area contributed by atoms with E-state index in [-0.39, 0.29) is 17.3 Å². The number of rotatable bonds is 7. The second-order valence-corrected chi connectivity index (χ2v) is 6.10. The smallest absolute Gasteiger partial charge is 0.331 e. The molecule has 0 aliphatic carbocycles. The molecule has 1 aromatic carbocycles. The minimum absolute atomic E-state index is 0.0916. The van der Waals surface area contributed by atoms with E-state index < -0.39 is 0 Å². The van der Waals surface area contributed by atoms with Gasteiger partial charge in [0.1, 0.15) is 5.75 Å². The number of para-hydroxylation sites is 1. The molecule has 5 nitrogen and oxygen atoms in total. The Balaban J connectivity index is 2.21. The van der Waals surface area contributed by atoms with Crippen LogP contribution in [0, 0.1) is 6.92 Å². The first-order valence-electron chi connectivity index (χ1n) is 8.44. The van der Waals surface area contributed by atoms with Crippen molar-refractivity contribution in [1.29, 1.82) is 0 Å². The van der Waals surface area contributed by atoms with Gasteiger partial charge in [0.15, 0.2) is 0 Å². The van der Waals surface area contributed by atoms with Crippen molar-refractivity contribution in [2.24, 2.45) is 0 Å². The number of aromatic nitrogens is 2. The number of hydrogen-bond donors (Lipinski definition) is 0. The van der Waals surface area contributed by atoms with Gasteiger partial charge < -0.3 is 4.74 Å². The molecule has 2 aromatic rings. The average Bonchev–Trinajstić information content (AvgIpc) is 2.57. The van der Waals surface area contributed by atoms with Gasteiger partial charge in [-0.05, 0) is 44.7 Å². The topological polar surface area (TPSA) is 53.2 Å². The van der Waals surface area contributed by atoms with E-state index >= 15 is 0 Å². The highest BCUT2D eigenvalue weighted by Gasteiger charge is 2.13. The summed E-state index contributed by atoms with van der Waals surface area (Å²) in [7, 11) is 1.66. The largest absolute Gasteiger partial charge is 0.496 e. The summed E-state index contributed by atoms with van der Waals surface area (Å²) in [6.07, 6.45) is 2.37. The maximum atomic E-state index is 12.7. The van der Waals surface area contributed by atoms with Crippen LogP contribution in [-0.4, -0.2) is 16.2 Å². The molecule has 0 bridgehead atoms. The van der Waals surface area contributed by atoms with Gasteiger partial charge in [-0.1, -0.05) is 25.1 Å². The van der Waals surface area contributed by atoms with Crippen molar-refractivity contribution in [3.8, 4) is 5.75 Å². The second-order valence-electron chi connectivity index (χ2n) is 6.10. The summed E-state index contributed by atoms with van der Waals surface area (Å²) >= 11 is 0. The van der Waals surface area contributed by atoms with Crippen LogP contribution in [0.15, 0.2) is 39.9 Å². The van der Waals surface area contributed by atoms with Crippen molar-refractivity contribution >= 4 is 0 Å². The van der Waals surface area contributed by atoms with Crippen molar-refractivity contribution in [3.05, 3.63) is 62.4 Å². The maximum absolute atomic E-state index is 12.7. The summed E-state index contributed by atoms with van der Waals surface area (Å²) in [5, 5.41) is 0. The van der Waals surface area contributed by atoms with E-state index in [4.69, 9.17) is 4.74 Å². The minimum atomic E-state index is -0.215. The summed E-state index contributed by atoms with van der Waals surface area (Å²) in [4.78, 5) is 24.8. The first-order chi connectivity index (χ1) is 11.5. The van der Waals surface area contributed by atoms with E-state index in [1.54, 1.807) is 17.7 Å². The molecular formula is C19H26N2O3. The zero-order chi connectivity index (χ0) is 17.7. The van der Waals surface area contributed by atoms with Crippen molar-refractivity contribution in [2.45, 2.75) is 52.6 Å². The van der Waals surface area contributed by atoms with E-state index in [0.29, 0.717) is 12.2 Å². The Hall–Kier alpha value is -2.30. The lowest BCUT2D eigenvalue weighted by Crippen LogP contribution is -2.42. The summed E-state index contributed by atoms with van der Waals surface area (Å²) in [5.41, 5.74) is 1.41. The van der Waals surface area contributed by atoms with Gasteiger partial charge in [-0.3, -0.25) is 13.9 Å². The molecule has 0 fully saturated rings. The maximum Gasteiger partial charge on any atom is 0.331 e. The third-order valence-corrected chi connectivity index (χ3v) is 4.48. The van der Waals surface area contributed by atoms with E-state index in [0.717, 1.165) is 30.6 Å². The first kappa shape index (κ1) is 18.0. The lowest BCUT2D eigenvalue weighted by atomic mass is 10.1. The molecule has 5 heteroatoms. The average molecular weight is 330 g/mol. The van der Waals surface area contributed by atoms with Gasteiger partial charge in [0.2, 0.25) is 0 Å². The normalized spacial score (nSPS) is 12.2. The number of hydrogen-bond acceptors (Lipinski definition) is 3. The Labute approximate surface area is 142 Å². The highest BCUT2D eigenvalue weighted by molar-refractivity contribution is 5.33. The molecule has 0 amide bonds. The highest BCUT2D eigenvalue weighted by atomic mass is 16.5. The molecular weight excluding hydrogens is 304 g/mol. The molecule has 0 spiro atoms. The van der Waals surface area contributed by atoms with Crippen LogP contribution >= 0.6 is 0 Å². The van der Waals surface area contributed by atoms with Gasteiger partial charge >= 0.3 is 5.69 Å². The van der Waals surface area contributed by atoms with E-state index in [1.807, 2.05) is 45.0 Å². The fourth-order valence-corrected chi connectivity index (χ4v) is 2.90. The molecule has 1 atom stereocenters. The summed E-state index contributed by atoms with van der Waals surface area (Å²) in [6.45, 7) is 6.27. The fraction of sp³-hybridized carbons (Fsp3) is 0.474. The lowest BCUT2D eigenvalue weighted by molar-refractivity contribution is 0.407. The van der Waals surface area contributed by atoms with Gasteiger partial charge in [-0.2, -0.15) is 0 Å². The Kier molecular flexibility index (Phi) is 6.01. The first-order valence-corrected chi connectivity index (χ1v) is 8.44. The van der Waals surface area contributed by atoms with Crippen LogP contribution in [0.3, 0.4) is 0 Å². The molecule has 0 aliphatic heterocycles. The number of benzene rings is 1. The third kappa shape index (κ3) is 3.78. The Morgan fingerprint density at radius 2 is 1.92 bits per heavy atom. The van der Waals surface area contributed by atoms with Crippen LogP contribution in [0.2, 0.25) is 0 Å². The van der Waals surface area contributed by atoms with Gasteiger partial charge in [0, 0.05) is 24.3 Å². The molecule has 130 valence electrons. The van der Waals surface area contributed by atoms with Crippen LogP contribution in [0.1, 0.15) is 44.0 Å². The number of nitrogens with zero attached hydrogens (tertiary/aromatic N) is 2. The van der Waals surface area contributed by atoms with Crippen molar-refractivity contribution in [3.63, 3.8) is 0 Å². The van der Waals surface area contributed by atoms with Crippen LogP contribution in [0.5, 0.6) is 5.75 Å². The summed E-state index contributed by atoms with van der Waals surface area (Å²) in [6, 6.07) is 9.37. The molecule has 2 rings (SSSR count). The lowest BCUT2D eigenvalue weighted by Gasteiger charge is -2.17. The molecule has 1 unspecified atom stereocenters. The predicted molar refractivity (Wildman–Crippen MR) is 96.0 cm³/mol. The number of aryl methyl sites for hydroxylation is 2. The standard InChI is InChI=1S/C19H26N2O3/c1-5-14(2)21-18(22)13-15(3)20(19(21)23)12-8-10-16-9-6-7-11-17(16)24-4/h6-7,9,11,13-14H,5,8,10,12H2,1-4H3. The quantitative estimate of drug-likeness (QED) is 0.784. The van der Waals surface area contributed by atoms with Crippen LogP contribution in [0.25, 0.3) is 0 Å². The van der Waals surface area contributed by atoms with Crippen LogP contribution < -0.4 is 16.0 Å². The molecule has 0 N–H and O–H groups in total. The summed E-state index contributed by atoms with van der Waals surface area (Å²) in [5.74, 6) is 0.867. The van der Waals surface area contributed by atoms with Crippen LogP contribution in [0.4, 0.5) is 0 Å². The summed E-state index contributed by atoms with van der Waals surface area (Å²) < 4.78 is 8.42. The molecule has 24 heavy (non-hydrogen) atoms. The van der Waals surface area contributed by atoms with E-state index in [2.05, 4.69) is 0 Å². The predicted octanol–water partition coefficient (Wildman–Crippen LogP) is 2.93.